The van der Waals surface area contributed by atoms with E-state index in [-0.39, 0.29) is 5.82 Å². The highest BCUT2D eigenvalue weighted by atomic mass is 35.5. The van der Waals surface area contributed by atoms with E-state index < -0.39 is 0 Å². The zero-order valence-electron chi connectivity index (χ0n) is 17.3. The second-order valence-electron chi connectivity index (χ2n) is 7.19. The van der Waals surface area contributed by atoms with Crippen LogP contribution in [0.15, 0.2) is 78.3 Å². The summed E-state index contributed by atoms with van der Waals surface area (Å²) >= 11 is 13.5. The van der Waals surface area contributed by atoms with Gasteiger partial charge in [0.1, 0.15) is 5.82 Å². The molecule has 2 heterocycles. The monoisotopic (exact) mass is 496 g/mol. The van der Waals surface area contributed by atoms with Gasteiger partial charge in [0, 0.05) is 56.4 Å². The fourth-order valence-electron chi connectivity index (χ4n) is 3.40. The highest BCUT2D eigenvalue weighted by Gasteiger charge is 2.08. The molecule has 3 N–H and O–H groups in total. The summed E-state index contributed by atoms with van der Waals surface area (Å²) in [6.45, 7) is 0.657. The molecule has 0 saturated heterocycles. The van der Waals surface area contributed by atoms with Crippen LogP contribution >= 0.6 is 34.5 Å². The molecule has 2 aromatic heterocycles. The highest BCUT2D eigenvalue weighted by Crippen LogP contribution is 2.26. The molecular weight excluding hydrogens is 478 g/mol. The third-order valence-electron chi connectivity index (χ3n) is 4.99. The van der Waals surface area contributed by atoms with Crippen molar-refractivity contribution in [3.05, 3.63) is 105 Å². The van der Waals surface area contributed by atoms with Crippen molar-refractivity contribution in [3.8, 4) is 11.3 Å². The summed E-state index contributed by atoms with van der Waals surface area (Å²) in [5.74, 6) is -0.244. The van der Waals surface area contributed by atoms with Crippen molar-refractivity contribution in [2.45, 2.75) is 6.54 Å². The SMILES string of the molecule is N=Cc1cn(Cc2ccc(Cl)cc2Cl)c2ccccc12.Nc1nc(-c2ccc(F)cc2)cs1. The van der Waals surface area contributed by atoms with E-state index in [0.29, 0.717) is 21.7 Å². The average Bonchev–Trinajstić information content (AvgIpc) is 3.40. The number of nitrogens with one attached hydrogen (secondary N) is 1. The number of rotatable bonds is 4. The van der Waals surface area contributed by atoms with E-state index in [1.165, 1.54) is 29.7 Å². The normalized spacial score (nSPS) is 10.6. The largest absolute Gasteiger partial charge is 0.375 e. The van der Waals surface area contributed by atoms with Gasteiger partial charge in [0.05, 0.1) is 5.69 Å². The van der Waals surface area contributed by atoms with Crippen LogP contribution in [-0.2, 0) is 6.54 Å². The summed E-state index contributed by atoms with van der Waals surface area (Å²) in [7, 11) is 0. The van der Waals surface area contributed by atoms with Gasteiger partial charge in [-0.15, -0.1) is 11.3 Å². The Morgan fingerprint density at radius 2 is 1.82 bits per heavy atom. The Hall–Kier alpha value is -3.19. The fraction of sp³-hybridized carbons (Fsp3) is 0.0400. The number of halogens is 3. The lowest BCUT2D eigenvalue weighted by Gasteiger charge is -2.08. The lowest BCUT2D eigenvalue weighted by atomic mass is 10.2. The number of thiazole rings is 1. The summed E-state index contributed by atoms with van der Waals surface area (Å²) in [6.07, 6.45) is 3.35. The molecule has 0 bridgehead atoms. The molecule has 0 unspecified atom stereocenters. The topological polar surface area (TPSA) is 67.7 Å². The molecule has 166 valence electrons. The van der Waals surface area contributed by atoms with Crippen molar-refractivity contribution in [3.63, 3.8) is 0 Å². The van der Waals surface area contributed by atoms with Gasteiger partial charge in [-0.25, -0.2) is 9.37 Å². The predicted molar refractivity (Wildman–Crippen MR) is 137 cm³/mol. The molecule has 33 heavy (non-hydrogen) atoms. The number of fused-ring (bicyclic) bond motifs is 1. The molecule has 0 saturated carbocycles. The van der Waals surface area contributed by atoms with Gasteiger partial charge in [0.2, 0.25) is 0 Å². The Kier molecular flexibility index (Phi) is 7.08. The van der Waals surface area contributed by atoms with Crippen LogP contribution in [0.25, 0.3) is 22.2 Å². The molecule has 0 aliphatic heterocycles. The van der Waals surface area contributed by atoms with Crippen LogP contribution in [0, 0.1) is 11.2 Å². The number of anilines is 1. The Labute approximate surface area is 204 Å². The van der Waals surface area contributed by atoms with Gasteiger partial charge in [-0.3, -0.25) is 0 Å². The smallest absolute Gasteiger partial charge is 0.180 e. The quantitative estimate of drug-likeness (QED) is 0.252. The van der Waals surface area contributed by atoms with Crippen LogP contribution in [0.1, 0.15) is 11.1 Å². The Morgan fingerprint density at radius 3 is 2.48 bits per heavy atom. The van der Waals surface area contributed by atoms with Crippen molar-refractivity contribution in [2.75, 3.05) is 5.73 Å². The van der Waals surface area contributed by atoms with Crippen molar-refractivity contribution in [2.24, 2.45) is 0 Å². The van der Waals surface area contributed by atoms with E-state index in [1.807, 2.05) is 48.0 Å². The van der Waals surface area contributed by atoms with Crippen LogP contribution in [0.2, 0.25) is 10.0 Å². The summed E-state index contributed by atoms with van der Waals surface area (Å²) in [5.41, 5.74) is 10.2. The van der Waals surface area contributed by atoms with Crippen LogP contribution < -0.4 is 5.73 Å². The highest BCUT2D eigenvalue weighted by molar-refractivity contribution is 7.13. The summed E-state index contributed by atoms with van der Waals surface area (Å²) in [6, 6.07) is 19.8. The summed E-state index contributed by atoms with van der Waals surface area (Å²) < 4.78 is 14.7. The number of hydrogen-bond acceptors (Lipinski definition) is 4. The van der Waals surface area contributed by atoms with E-state index in [4.69, 9.17) is 34.3 Å². The Balaban J connectivity index is 0.000000172. The van der Waals surface area contributed by atoms with Crippen LogP contribution in [0.5, 0.6) is 0 Å². The molecule has 5 aromatic rings. The molecule has 0 atom stereocenters. The van der Waals surface area contributed by atoms with Crippen molar-refractivity contribution in [1.29, 1.82) is 5.41 Å². The van der Waals surface area contributed by atoms with Gasteiger partial charge in [-0.05, 0) is 48.0 Å². The minimum atomic E-state index is -0.244. The maximum absolute atomic E-state index is 12.6. The van der Waals surface area contributed by atoms with E-state index >= 15 is 0 Å². The average molecular weight is 497 g/mol. The van der Waals surface area contributed by atoms with Gasteiger partial charge in [0.25, 0.3) is 0 Å². The maximum Gasteiger partial charge on any atom is 0.180 e. The molecular formula is C25H19Cl2FN4S. The second kappa shape index (κ2) is 10.2. The molecule has 3 aromatic carbocycles. The minimum Gasteiger partial charge on any atom is -0.375 e. The predicted octanol–water partition coefficient (Wildman–Crippen LogP) is 7.53. The number of aromatic nitrogens is 2. The maximum atomic E-state index is 12.6. The van der Waals surface area contributed by atoms with Crippen LogP contribution in [0.4, 0.5) is 9.52 Å². The zero-order chi connectivity index (χ0) is 23.4. The van der Waals surface area contributed by atoms with Gasteiger partial charge in [0.15, 0.2) is 5.13 Å². The Morgan fingerprint density at radius 1 is 1.06 bits per heavy atom. The number of nitrogen functional groups attached to an aromatic ring is 1. The lowest BCUT2D eigenvalue weighted by Crippen LogP contribution is -1.98. The standard InChI is InChI=1S/C16H12Cl2N2.C9H7FN2S/c17-13-6-5-11(15(18)7-13)9-20-10-12(8-19)14-3-1-2-4-16(14)20;10-7-3-1-6(2-4-7)8-5-13-9(11)12-8/h1-8,10,19H,9H2;1-5H,(H2,11,12). The number of benzene rings is 3. The molecule has 0 radical (unpaired) electrons. The third kappa shape index (κ3) is 5.42. The molecule has 0 aliphatic rings. The second-order valence-corrected chi connectivity index (χ2v) is 8.92. The molecule has 0 amide bonds. The van der Waals surface area contributed by atoms with Gasteiger partial charge in [-0.2, -0.15) is 0 Å². The first-order valence-electron chi connectivity index (χ1n) is 9.94. The Bertz CT molecular complexity index is 1410. The van der Waals surface area contributed by atoms with Crippen LogP contribution in [-0.4, -0.2) is 15.8 Å². The molecule has 8 heteroatoms. The molecule has 0 fully saturated rings. The van der Waals surface area contributed by atoms with Crippen molar-refractivity contribution < 1.29 is 4.39 Å². The molecule has 5 rings (SSSR count). The summed E-state index contributed by atoms with van der Waals surface area (Å²) in [5, 5.41) is 12.3. The number of nitrogens with two attached hydrogens (primary N) is 1. The number of nitrogens with zero attached hydrogens (tertiary/aromatic N) is 2. The third-order valence-corrected chi connectivity index (χ3v) is 6.25. The molecule has 4 nitrogen and oxygen atoms in total. The van der Waals surface area contributed by atoms with E-state index in [9.17, 15) is 4.39 Å². The lowest BCUT2D eigenvalue weighted by molar-refractivity contribution is 0.628. The molecule has 0 aliphatic carbocycles. The van der Waals surface area contributed by atoms with E-state index in [0.717, 1.165) is 33.3 Å². The summed E-state index contributed by atoms with van der Waals surface area (Å²) in [4.78, 5) is 4.08. The van der Waals surface area contributed by atoms with Gasteiger partial charge >= 0.3 is 0 Å². The van der Waals surface area contributed by atoms with Gasteiger partial charge < -0.3 is 15.7 Å². The first kappa shape index (κ1) is 23.0. The van der Waals surface area contributed by atoms with Gasteiger partial charge in [-0.1, -0.05) is 47.5 Å². The van der Waals surface area contributed by atoms with Crippen molar-refractivity contribution >= 4 is 56.8 Å². The first-order chi connectivity index (χ1) is 15.9. The van der Waals surface area contributed by atoms with E-state index in [1.54, 1.807) is 18.2 Å². The number of hydrogen-bond donors (Lipinski definition) is 2. The van der Waals surface area contributed by atoms with Crippen molar-refractivity contribution in [1.82, 2.24) is 9.55 Å². The zero-order valence-corrected chi connectivity index (χ0v) is 19.6. The number of para-hydroxylation sites is 1. The fourth-order valence-corrected chi connectivity index (χ4v) is 4.44. The van der Waals surface area contributed by atoms with E-state index in [2.05, 4.69) is 9.55 Å². The minimum absolute atomic E-state index is 0.244. The van der Waals surface area contributed by atoms with Crippen LogP contribution in [0.3, 0.4) is 0 Å². The molecule has 0 spiro atoms. The first-order valence-corrected chi connectivity index (χ1v) is 11.6.